The predicted molar refractivity (Wildman–Crippen MR) is 68.2 cm³/mol. The lowest BCUT2D eigenvalue weighted by atomic mass is 10.0. The van der Waals surface area contributed by atoms with Gasteiger partial charge in [0, 0.05) is 12.0 Å². The number of aryl methyl sites for hydroxylation is 2. The zero-order valence-corrected chi connectivity index (χ0v) is 11.3. The van der Waals surface area contributed by atoms with Crippen LogP contribution in [0.15, 0.2) is 12.1 Å². The summed E-state index contributed by atoms with van der Waals surface area (Å²) < 4.78 is 33.6. The van der Waals surface area contributed by atoms with Crippen molar-refractivity contribution in [3.63, 3.8) is 0 Å². The maximum absolute atomic E-state index is 11.9. The van der Waals surface area contributed by atoms with Crippen molar-refractivity contribution in [1.82, 2.24) is 0 Å². The lowest BCUT2D eigenvalue weighted by Gasteiger charge is -2.11. The van der Waals surface area contributed by atoms with Crippen molar-refractivity contribution in [2.45, 2.75) is 26.7 Å². The van der Waals surface area contributed by atoms with Crippen LogP contribution in [-0.2, 0) is 4.74 Å². The van der Waals surface area contributed by atoms with Gasteiger partial charge >= 0.3 is 0 Å². The van der Waals surface area contributed by atoms with Crippen LogP contribution in [-0.4, -0.2) is 32.5 Å². The molecule has 0 fully saturated rings. The fraction of sp³-hybridized carbons (Fsp3) is 0.500. The third-order valence-corrected chi connectivity index (χ3v) is 2.70. The molecule has 0 spiro atoms. The van der Waals surface area contributed by atoms with Gasteiger partial charge in [0.25, 0.3) is 6.43 Å². The normalized spacial score (nSPS) is 10.8. The number of alkyl halides is 2. The van der Waals surface area contributed by atoms with Crippen LogP contribution in [0.4, 0.5) is 8.78 Å². The molecule has 0 N–H and O–H groups in total. The van der Waals surface area contributed by atoms with Crippen molar-refractivity contribution in [3.8, 4) is 5.75 Å². The highest BCUT2D eigenvalue weighted by Gasteiger charge is 2.11. The van der Waals surface area contributed by atoms with Gasteiger partial charge in [0.05, 0.1) is 13.7 Å². The van der Waals surface area contributed by atoms with Crippen LogP contribution < -0.4 is 4.74 Å². The summed E-state index contributed by atoms with van der Waals surface area (Å²) in [4.78, 5) is 11.9. The minimum Gasteiger partial charge on any atom is -0.496 e. The first kappa shape index (κ1) is 15.6. The average Bonchev–Trinajstić information content (AvgIpc) is 2.33. The van der Waals surface area contributed by atoms with Gasteiger partial charge in [-0.15, -0.1) is 0 Å². The van der Waals surface area contributed by atoms with Crippen molar-refractivity contribution in [2.24, 2.45) is 0 Å². The van der Waals surface area contributed by atoms with Gasteiger partial charge in [0.15, 0.2) is 5.78 Å². The van der Waals surface area contributed by atoms with Gasteiger partial charge in [-0.3, -0.25) is 4.79 Å². The van der Waals surface area contributed by atoms with Crippen LogP contribution in [0, 0.1) is 13.8 Å². The summed E-state index contributed by atoms with van der Waals surface area (Å²) in [6.07, 6.45) is -2.40. The summed E-state index contributed by atoms with van der Waals surface area (Å²) in [6, 6.07) is 3.47. The Morgan fingerprint density at radius 2 is 1.84 bits per heavy atom. The van der Waals surface area contributed by atoms with Crippen molar-refractivity contribution < 1.29 is 23.0 Å². The number of hydrogen-bond donors (Lipinski definition) is 0. The maximum atomic E-state index is 11.9. The van der Waals surface area contributed by atoms with E-state index in [9.17, 15) is 13.6 Å². The molecule has 1 rings (SSSR count). The van der Waals surface area contributed by atoms with E-state index in [1.165, 1.54) is 0 Å². The number of Topliss-reactive ketones (excluding diaryl/α,β-unsaturated/α-hetero) is 1. The van der Waals surface area contributed by atoms with Crippen molar-refractivity contribution >= 4 is 5.78 Å². The van der Waals surface area contributed by atoms with E-state index in [0.29, 0.717) is 5.56 Å². The summed E-state index contributed by atoms with van der Waals surface area (Å²) in [5, 5.41) is 0. The van der Waals surface area contributed by atoms with E-state index in [1.54, 1.807) is 19.2 Å². The van der Waals surface area contributed by atoms with Crippen LogP contribution in [0.25, 0.3) is 0 Å². The fourth-order valence-corrected chi connectivity index (χ4v) is 1.91. The third-order valence-electron chi connectivity index (χ3n) is 2.70. The van der Waals surface area contributed by atoms with Crippen molar-refractivity contribution in [2.75, 3.05) is 20.3 Å². The molecule has 0 aliphatic heterocycles. The topological polar surface area (TPSA) is 35.5 Å². The van der Waals surface area contributed by atoms with Gasteiger partial charge in [0.2, 0.25) is 0 Å². The van der Waals surface area contributed by atoms with Gasteiger partial charge in [-0.2, -0.15) is 0 Å². The van der Waals surface area contributed by atoms with E-state index in [4.69, 9.17) is 9.47 Å². The molecule has 1 aromatic rings. The summed E-state index contributed by atoms with van der Waals surface area (Å²) >= 11 is 0. The molecule has 19 heavy (non-hydrogen) atoms. The van der Waals surface area contributed by atoms with Gasteiger partial charge in [-0.25, -0.2) is 8.78 Å². The molecule has 0 atom stereocenters. The lowest BCUT2D eigenvalue weighted by Crippen LogP contribution is -2.10. The molecule has 0 bridgehead atoms. The number of benzene rings is 1. The quantitative estimate of drug-likeness (QED) is 0.565. The smallest absolute Gasteiger partial charge is 0.261 e. The van der Waals surface area contributed by atoms with Gasteiger partial charge in [-0.05, 0) is 37.1 Å². The molecule has 0 unspecified atom stereocenters. The van der Waals surface area contributed by atoms with Crippen LogP contribution in [0.3, 0.4) is 0 Å². The minimum absolute atomic E-state index is 0.00724. The Balaban J connectivity index is 2.63. The van der Waals surface area contributed by atoms with Crippen molar-refractivity contribution in [3.05, 3.63) is 28.8 Å². The Labute approximate surface area is 111 Å². The molecule has 0 saturated carbocycles. The second kappa shape index (κ2) is 7.19. The number of hydrogen-bond acceptors (Lipinski definition) is 3. The monoisotopic (exact) mass is 272 g/mol. The highest BCUT2D eigenvalue weighted by molar-refractivity contribution is 5.96. The molecule has 0 aromatic heterocycles. The fourth-order valence-electron chi connectivity index (χ4n) is 1.91. The molecular formula is C14H18F2O3. The molecule has 0 heterocycles. The Hall–Kier alpha value is -1.49. The second-order valence-corrected chi connectivity index (χ2v) is 4.28. The summed E-state index contributed by atoms with van der Waals surface area (Å²) in [5.74, 6) is 0.633. The minimum atomic E-state index is -2.50. The molecule has 5 heteroatoms. The number of ketones is 1. The van der Waals surface area contributed by atoms with Gasteiger partial charge < -0.3 is 9.47 Å². The van der Waals surface area contributed by atoms with Gasteiger partial charge in [-0.1, -0.05) is 0 Å². The van der Waals surface area contributed by atoms with E-state index in [-0.39, 0.29) is 18.8 Å². The molecule has 1 aromatic carbocycles. The maximum Gasteiger partial charge on any atom is 0.261 e. The zero-order chi connectivity index (χ0) is 14.4. The lowest BCUT2D eigenvalue weighted by molar-refractivity contribution is 0.0170. The molecule has 0 radical (unpaired) electrons. The van der Waals surface area contributed by atoms with Crippen LogP contribution in [0.2, 0.25) is 0 Å². The summed E-state index contributed by atoms with van der Waals surface area (Å²) in [6.45, 7) is 3.09. The number of rotatable bonds is 7. The highest BCUT2D eigenvalue weighted by atomic mass is 19.3. The number of halogens is 2. The molecular weight excluding hydrogens is 254 g/mol. The number of methoxy groups -OCH3 is 1. The average molecular weight is 272 g/mol. The molecule has 3 nitrogen and oxygen atoms in total. The standard InChI is InChI=1S/C14H18F2O3/c1-9-6-11(7-10(2)14(9)18-3)12(17)4-5-19-8-13(15)16/h6-7,13H,4-5,8H2,1-3H3. The van der Waals surface area contributed by atoms with E-state index < -0.39 is 13.0 Å². The highest BCUT2D eigenvalue weighted by Crippen LogP contribution is 2.24. The molecule has 0 saturated heterocycles. The Bertz CT molecular complexity index is 421. The number of ether oxygens (including phenoxy) is 2. The van der Waals surface area contributed by atoms with Crippen LogP contribution in [0.5, 0.6) is 5.75 Å². The summed E-state index contributed by atoms with van der Waals surface area (Å²) in [7, 11) is 1.58. The molecule has 0 aliphatic rings. The third kappa shape index (κ3) is 4.59. The van der Waals surface area contributed by atoms with Crippen LogP contribution >= 0.6 is 0 Å². The predicted octanol–water partition coefficient (Wildman–Crippen LogP) is 3.17. The van der Waals surface area contributed by atoms with E-state index in [0.717, 1.165) is 16.9 Å². The molecule has 106 valence electrons. The van der Waals surface area contributed by atoms with Gasteiger partial charge in [0.1, 0.15) is 12.4 Å². The van der Waals surface area contributed by atoms with E-state index in [2.05, 4.69) is 0 Å². The molecule has 0 amide bonds. The SMILES string of the molecule is COc1c(C)cc(C(=O)CCOCC(F)F)cc1C. The Kier molecular flexibility index (Phi) is 5.89. The molecule has 0 aliphatic carbocycles. The zero-order valence-electron chi connectivity index (χ0n) is 11.3. The Morgan fingerprint density at radius 3 is 2.32 bits per heavy atom. The Morgan fingerprint density at radius 1 is 1.26 bits per heavy atom. The first-order valence-electron chi connectivity index (χ1n) is 6.00. The van der Waals surface area contributed by atoms with Crippen LogP contribution in [0.1, 0.15) is 27.9 Å². The first-order chi connectivity index (χ1) is 8.95. The van der Waals surface area contributed by atoms with E-state index in [1.807, 2.05) is 13.8 Å². The van der Waals surface area contributed by atoms with Crippen molar-refractivity contribution in [1.29, 1.82) is 0 Å². The second-order valence-electron chi connectivity index (χ2n) is 4.28. The number of carbonyl (C=O) groups excluding carboxylic acids is 1. The van der Waals surface area contributed by atoms with E-state index >= 15 is 0 Å². The largest absolute Gasteiger partial charge is 0.496 e. The summed E-state index contributed by atoms with van der Waals surface area (Å²) in [5.41, 5.74) is 2.30. The first-order valence-corrected chi connectivity index (χ1v) is 6.00. The number of carbonyl (C=O) groups is 1.